The van der Waals surface area contributed by atoms with Crippen LogP contribution in [0.4, 0.5) is 5.82 Å². The molecule has 9 nitrogen and oxygen atoms in total. The first-order valence-electron chi connectivity index (χ1n) is 13.3. The van der Waals surface area contributed by atoms with E-state index in [9.17, 15) is 9.90 Å². The van der Waals surface area contributed by atoms with E-state index in [1.54, 1.807) is 12.1 Å². The molecule has 194 valence electrons. The van der Waals surface area contributed by atoms with Crippen molar-refractivity contribution < 1.29 is 15.0 Å². The number of carboxylic acid groups (broad SMARTS) is 1. The Labute approximate surface area is 212 Å². The third-order valence-electron chi connectivity index (χ3n) is 7.18. The first-order valence-corrected chi connectivity index (χ1v) is 13.3. The third-order valence-corrected chi connectivity index (χ3v) is 7.18. The predicted molar refractivity (Wildman–Crippen MR) is 141 cm³/mol. The summed E-state index contributed by atoms with van der Waals surface area (Å²) in [5, 5.41) is 32.1. The van der Waals surface area contributed by atoms with E-state index in [0.717, 1.165) is 57.3 Å². The zero-order valence-electron chi connectivity index (χ0n) is 21.0. The fourth-order valence-electron chi connectivity index (χ4n) is 5.12. The van der Waals surface area contributed by atoms with Crippen LogP contribution in [0.1, 0.15) is 76.7 Å². The van der Waals surface area contributed by atoms with E-state index >= 15 is 0 Å². The molecule has 4 N–H and O–H groups in total. The molecular formula is C27H38N6O3. The number of carbonyl (C=O) groups is 1. The van der Waals surface area contributed by atoms with Crippen molar-refractivity contribution >= 4 is 22.8 Å². The molecule has 2 aromatic heterocycles. The maximum Gasteiger partial charge on any atom is 0.303 e. The predicted octanol–water partition coefficient (Wildman–Crippen LogP) is 5.01. The molecule has 1 aliphatic heterocycles. The Morgan fingerprint density at radius 2 is 1.64 bits per heavy atom. The van der Waals surface area contributed by atoms with Crippen molar-refractivity contribution in [2.24, 2.45) is 0 Å². The number of nitrogen functional groups attached to an aromatic ring is 1. The molecule has 1 saturated heterocycles. The van der Waals surface area contributed by atoms with Gasteiger partial charge in [-0.25, -0.2) is 0 Å². The zero-order valence-corrected chi connectivity index (χ0v) is 21.0. The SMILES string of the molecule is Nc1nn(C2CCN(CCCCCCCCCCC(=O)O)CC2)c2cc(-c3ccccc3O)nnc12. The van der Waals surface area contributed by atoms with Crippen molar-refractivity contribution in [3.05, 3.63) is 30.3 Å². The maximum atomic E-state index is 10.5. The quantitative estimate of drug-likeness (QED) is 0.283. The molecule has 1 fully saturated rings. The van der Waals surface area contributed by atoms with Crippen LogP contribution in [0.5, 0.6) is 5.75 Å². The molecule has 0 aliphatic carbocycles. The van der Waals surface area contributed by atoms with Crippen LogP contribution < -0.4 is 5.73 Å². The number of anilines is 1. The Balaban J connectivity index is 1.22. The zero-order chi connectivity index (χ0) is 25.3. The molecule has 3 heterocycles. The Hall–Kier alpha value is -3.20. The van der Waals surface area contributed by atoms with E-state index in [1.807, 2.05) is 22.9 Å². The van der Waals surface area contributed by atoms with Gasteiger partial charge in [0.1, 0.15) is 5.75 Å². The van der Waals surface area contributed by atoms with Gasteiger partial charge in [-0.15, -0.1) is 10.2 Å². The number of hydrogen-bond donors (Lipinski definition) is 3. The molecule has 0 atom stereocenters. The summed E-state index contributed by atoms with van der Waals surface area (Å²) in [4.78, 5) is 13.1. The van der Waals surface area contributed by atoms with E-state index in [1.165, 1.54) is 32.1 Å². The number of aromatic hydroxyl groups is 1. The van der Waals surface area contributed by atoms with Gasteiger partial charge < -0.3 is 20.8 Å². The Morgan fingerprint density at radius 1 is 0.972 bits per heavy atom. The summed E-state index contributed by atoms with van der Waals surface area (Å²) in [5.41, 5.74) is 8.89. The van der Waals surface area contributed by atoms with Crippen LogP contribution in [-0.2, 0) is 4.79 Å². The average Bonchev–Trinajstić information content (AvgIpc) is 3.21. The van der Waals surface area contributed by atoms with Gasteiger partial charge in [0, 0.05) is 25.1 Å². The summed E-state index contributed by atoms with van der Waals surface area (Å²) in [6, 6.07) is 9.33. The Morgan fingerprint density at radius 3 is 2.33 bits per heavy atom. The minimum atomic E-state index is -0.686. The molecular weight excluding hydrogens is 456 g/mol. The monoisotopic (exact) mass is 494 g/mol. The number of nitrogens with zero attached hydrogens (tertiary/aromatic N) is 5. The highest BCUT2D eigenvalue weighted by atomic mass is 16.4. The summed E-state index contributed by atoms with van der Waals surface area (Å²) in [5.74, 6) is -0.117. The fourth-order valence-corrected chi connectivity index (χ4v) is 5.12. The molecule has 1 aromatic carbocycles. The van der Waals surface area contributed by atoms with Gasteiger partial charge in [0.25, 0.3) is 0 Å². The van der Waals surface area contributed by atoms with Crippen LogP contribution in [0.3, 0.4) is 0 Å². The maximum absolute atomic E-state index is 10.5. The van der Waals surface area contributed by atoms with Crippen LogP contribution in [0.2, 0.25) is 0 Å². The van der Waals surface area contributed by atoms with E-state index in [4.69, 9.17) is 10.8 Å². The Bertz CT molecular complexity index is 1140. The van der Waals surface area contributed by atoms with Gasteiger partial charge in [-0.05, 0) is 50.4 Å². The third kappa shape index (κ3) is 6.72. The second-order valence-corrected chi connectivity index (χ2v) is 9.86. The number of aromatic nitrogens is 4. The topological polar surface area (TPSA) is 130 Å². The summed E-state index contributed by atoms with van der Waals surface area (Å²) < 4.78 is 2.01. The molecule has 36 heavy (non-hydrogen) atoms. The smallest absolute Gasteiger partial charge is 0.303 e. The fraction of sp³-hybridized carbons (Fsp3) is 0.556. The number of unbranched alkanes of at least 4 members (excludes halogenated alkanes) is 7. The molecule has 0 bridgehead atoms. The number of fused-ring (bicyclic) bond motifs is 1. The number of nitrogens with two attached hydrogens (primary N) is 1. The second kappa shape index (κ2) is 12.7. The minimum absolute atomic E-state index is 0.175. The lowest BCUT2D eigenvalue weighted by Crippen LogP contribution is -2.35. The van der Waals surface area contributed by atoms with Gasteiger partial charge in [0.15, 0.2) is 11.3 Å². The number of rotatable bonds is 13. The van der Waals surface area contributed by atoms with Crippen molar-refractivity contribution in [3.63, 3.8) is 0 Å². The van der Waals surface area contributed by atoms with Crippen LogP contribution >= 0.6 is 0 Å². The first kappa shape index (κ1) is 25.9. The summed E-state index contributed by atoms with van der Waals surface area (Å²) in [7, 11) is 0. The highest BCUT2D eigenvalue weighted by molar-refractivity contribution is 5.87. The molecule has 0 unspecified atom stereocenters. The van der Waals surface area contributed by atoms with Gasteiger partial charge >= 0.3 is 5.97 Å². The highest BCUT2D eigenvalue weighted by Crippen LogP contribution is 2.32. The number of phenolic OH excluding ortho intramolecular Hbond substituents is 1. The average molecular weight is 495 g/mol. The first-order chi connectivity index (χ1) is 17.5. The van der Waals surface area contributed by atoms with E-state index in [2.05, 4.69) is 20.2 Å². The van der Waals surface area contributed by atoms with Crippen LogP contribution in [-0.4, -0.2) is 60.7 Å². The van der Waals surface area contributed by atoms with Gasteiger partial charge in [0.05, 0.1) is 17.3 Å². The lowest BCUT2D eigenvalue weighted by atomic mass is 10.0. The molecule has 3 aromatic rings. The minimum Gasteiger partial charge on any atom is -0.507 e. The number of likely N-dealkylation sites (tertiary alicyclic amines) is 1. The number of hydrogen-bond acceptors (Lipinski definition) is 7. The Kier molecular flexibility index (Phi) is 9.11. The van der Waals surface area contributed by atoms with E-state index in [0.29, 0.717) is 29.0 Å². The summed E-state index contributed by atoms with van der Waals surface area (Å²) in [6.07, 6.45) is 11.5. The number of phenols is 1. The van der Waals surface area contributed by atoms with Gasteiger partial charge in [-0.1, -0.05) is 50.7 Å². The lowest BCUT2D eigenvalue weighted by Gasteiger charge is -2.32. The van der Waals surface area contributed by atoms with Crippen LogP contribution in [0.15, 0.2) is 30.3 Å². The lowest BCUT2D eigenvalue weighted by molar-refractivity contribution is -0.137. The van der Waals surface area contributed by atoms with Crippen molar-refractivity contribution in [2.75, 3.05) is 25.4 Å². The molecule has 9 heteroatoms. The number of aliphatic carboxylic acids is 1. The standard InChI is InChI=1S/C27H38N6O3/c28-27-26-23(19-22(29-30-26)21-11-8-9-12-24(21)34)33(31-27)20-14-17-32(18-15-20)16-10-6-4-2-1-3-5-7-13-25(35)36/h8-9,11-12,19-20,34H,1-7,10,13-18H2,(H2,28,31)(H,35,36). The van der Waals surface area contributed by atoms with Crippen molar-refractivity contribution in [1.82, 2.24) is 24.9 Å². The van der Waals surface area contributed by atoms with Crippen LogP contribution in [0, 0.1) is 0 Å². The largest absolute Gasteiger partial charge is 0.507 e. The van der Waals surface area contributed by atoms with E-state index in [-0.39, 0.29) is 11.8 Å². The van der Waals surface area contributed by atoms with E-state index < -0.39 is 5.97 Å². The second-order valence-electron chi connectivity index (χ2n) is 9.86. The number of para-hydroxylation sites is 1. The van der Waals surface area contributed by atoms with Crippen LogP contribution in [0.25, 0.3) is 22.3 Å². The van der Waals surface area contributed by atoms with Crippen molar-refractivity contribution in [2.45, 2.75) is 76.7 Å². The number of piperidine rings is 1. The molecule has 0 saturated carbocycles. The molecule has 1 aliphatic rings. The summed E-state index contributed by atoms with van der Waals surface area (Å²) >= 11 is 0. The van der Waals surface area contributed by atoms with Gasteiger partial charge in [0.2, 0.25) is 0 Å². The summed E-state index contributed by atoms with van der Waals surface area (Å²) in [6.45, 7) is 3.22. The number of benzene rings is 1. The molecule has 0 radical (unpaired) electrons. The highest BCUT2D eigenvalue weighted by Gasteiger charge is 2.24. The van der Waals surface area contributed by atoms with Gasteiger partial charge in [-0.3, -0.25) is 9.48 Å². The van der Waals surface area contributed by atoms with Crippen molar-refractivity contribution in [3.8, 4) is 17.0 Å². The molecule has 4 rings (SSSR count). The number of carboxylic acids is 1. The van der Waals surface area contributed by atoms with Gasteiger partial charge in [-0.2, -0.15) is 5.10 Å². The molecule has 0 amide bonds. The normalized spacial score (nSPS) is 15.0. The molecule has 0 spiro atoms. The van der Waals surface area contributed by atoms with Crippen molar-refractivity contribution in [1.29, 1.82) is 0 Å².